The molecule has 1 aromatic rings. The summed E-state index contributed by atoms with van der Waals surface area (Å²) in [4.78, 5) is 5.96. The average Bonchev–Trinajstić information content (AvgIpc) is 2.45. The SMILES string of the molecule is NC(=NCc1ccccc1OC(F)(F)F)N1CCOCC1. The summed E-state index contributed by atoms with van der Waals surface area (Å²) in [6, 6.07) is 5.87. The minimum absolute atomic E-state index is 0.0233. The second-order valence-corrected chi connectivity index (χ2v) is 4.43. The predicted octanol–water partition coefficient (Wildman–Crippen LogP) is 1.73. The van der Waals surface area contributed by atoms with Gasteiger partial charge < -0.3 is 20.1 Å². The number of alkyl halides is 3. The van der Waals surface area contributed by atoms with Crippen LogP contribution in [0.2, 0.25) is 0 Å². The van der Waals surface area contributed by atoms with E-state index < -0.39 is 6.36 Å². The van der Waals surface area contributed by atoms with Crippen LogP contribution in [0.4, 0.5) is 13.2 Å². The van der Waals surface area contributed by atoms with Gasteiger partial charge in [-0.2, -0.15) is 0 Å². The molecule has 116 valence electrons. The maximum Gasteiger partial charge on any atom is 0.573 e. The Bertz CT molecular complexity index is 500. The number of benzene rings is 1. The fraction of sp³-hybridized carbons (Fsp3) is 0.462. The predicted molar refractivity (Wildman–Crippen MR) is 70.8 cm³/mol. The Hall–Kier alpha value is -1.96. The van der Waals surface area contributed by atoms with Crippen LogP contribution in [0.15, 0.2) is 29.3 Å². The lowest BCUT2D eigenvalue weighted by molar-refractivity contribution is -0.274. The van der Waals surface area contributed by atoms with Gasteiger partial charge in [0.05, 0.1) is 19.8 Å². The molecule has 0 atom stereocenters. The monoisotopic (exact) mass is 303 g/mol. The molecule has 0 aromatic heterocycles. The number of hydrogen-bond donors (Lipinski definition) is 1. The first-order valence-corrected chi connectivity index (χ1v) is 6.42. The lowest BCUT2D eigenvalue weighted by atomic mass is 10.2. The van der Waals surface area contributed by atoms with Gasteiger partial charge in [0.1, 0.15) is 5.75 Å². The molecule has 1 aromatic carbocycles. The number of aliphatic imine (C=N–C) groups is 1. The molecule has 2 N–H and O–H groups in total. The number of hydrogen-bond acceptors (Lipinski definition) is 3. The van der Waals surface area contributed by atoms with Crippen molar-refractivity contribution in [3.63, 3.8) is 0 Å². The van der Waals surface area contributed by atoms with Gasteiger partial charge in [0, 0.05) is 18.7 Å². The highest BCUT2D eigenvalue weighted by atomic mass is 19.4. The third kappa shape index (κ3) is 4.82. The fourth-order valence-electron chi connectivity index (χ4n) is 1.92. The van der Waals surface area contributed by atoms with E-state index in [-0.39, 0.29) is 12.3 Å². The minimum Gasteiger partial charge on any atom is -0.405 e. The topological polar surface area (TPSA) is 60.1 Å². The highest BCUT2D eigenvalue weighted by Gasteiger charge is 2.31. The van der Waals surface area contributed by atoms with Gasteiger partial charge >= 0.3 is 6.36 Å². The highest BCUT2D eigenvalue weighted by molar-refractivity contribution is 5.78. The molecule has 1 saturated heterocycles. The second kappa shape index (κ2) is 6.66. The van der Waals surface area contributed by atoms with Crippen molar-refractivity contribution in [2.24, 2.45) is 10.7 Å². The normalized spacial score (nSPS) is 16.9. The summed E-state index contributed by atoms with van der Waals surface area (Å²) in [7, 11) is 0. The van der Waals surface area contributed by atoms with Crippen LogP contribution in [0, 0.1) is 0 Å². The molecule has 8 heteroatoms. The molecular weight excluding hydrogens is 287 g/mol. The van der Waals surface area contributed by atoms with Crippen LogP contribution in [-0.4, -0.2) is 43.5 Å². The number of guanidine groups is 1. The molecule has 1 aliphatic rings. The van der Waals surface area contributed by atoms with E-state index in [1.807, 2.05) is 4.90 Å². The quantitative estimate of drug-likeness (QED) is 0.682. The molecule has 21 heavy (non-hydrogen) atoms. The Balaban J connectivity index is 2.05. The second-order valence-electron chi connectivity index (χ2n) is 4.43. The van der Waals surface area contributed by atoms with Gasteiger partial charge in [0.2, 0.25) is 0 Å². The van der Waals surface area contributed by atoms with E-state index in [0.29, 0.717) is 37.8 Å². The zero-order valence-electron chi connectivity index (χ0n) is 11.3. The molecule has 0 amide bonds. The van der Waals surface area contributed by atoms with Gasteiger partial charge in [0.15, 0.2) is 5.96 Å². The summed E-state index contributed by atoms with van der Waals surface area (Å²) in [6.45, 7) is 2.38. The molecule has 0 bridgehead atoms. The molecule has 2 rings (SSSR count). The fourth-order valence-corrected chi connectivity index (χ4v) is 1.92. The third-order valence-electron chi connectivity index (χ3n) is 2.94. The highest BCUT2D eigenvalue weighted by Crippen LogP contribution is 2.26. The van der Waals surface area contributed by atoms with Gasteiger partial charge in [-0.15, -0.1) is 13.2 Å². The Morgan fingerprint density at radius 3 is 2.62 bits per heavy atom. The Morgan fingerprint density at radius 1 is 1.29 bits per heavy atom. The van der Waals surface area contributed by atoms with Crippen LogP contribution in [0.25, 0.3) is 0 Å². The summed E-state index contributed by atoms with van der Waals surface area (Å²) in [5.41, 5.74) is 6.16. The molecule has 0 aliphatic carbocycles. The molecule has 0 saturated carbocycles. The molecule has 1 heterocycles. The lowest BCUT2D eigenvalue weighted by Gasteiger charge is -2.27. The van der Waals surface area contributed by atoms with E-state index in [4.69, 9.17) is 10.5 Å². The summed E-state index contributed by atoms with van der Waals surface area (Å²) in [5, 5.41) is 0. The van der Waals surface area contributed by atoms with E-state index in [0.717, 1.165) is 0 Å². The standard InChI is InChI=1S/C13H16F3N3O2/c14-13(15,16)21-11-4-2-1-3-10(11)9-18-12(17)19-5-7-20-8-6-19/h1-4H,5-9H2,(H2,17,18). The van der Waals surface area contributed by atoms with E-state index in [9.17, 15) is 13.2 Å². The van der Waals surface area contributed by atoms with E-state index in [2.05, 4.69) is 9.73 Å². The number of nitrogens with two attached hydrogens (primary N) is 1. The minimum atomic E-state index is -4.73. The van der Waals surface area contributed by atoms with Gasteiger partial charge in [-0.1, -0.05) is 18.2 Å². The average molecular weight is 303 g/mol. The third-order valence-corrected chi connectivity index (χ3v) is 2.94. The summed E-state index contributed by atoms with van der Waals surface area (Å²) >= 11 is 0. The first-order chi connectivity index (χ1) is 9.96. The Labute approximate surface area is 120 Å². The smallest absolute Gasteiger partial charge is 0.405 e. The summed E-state index contributed by atoms with van der Waals surface area (Å²) in [5.74, 6) is 0.0311. The first-order valence-electron chi connectivity index (χ1n) is 6.42. The van der Waals surface area contributed by atoms with Crippen LogP contribution in [0.3, 0.4) is 0 Å². The van der Waals surface area contributed by atoms with Gasteiger partial charge in [0.25, 0.3) is 0 Å². The molecule has 5 nitrogen and oxygen atoms in total. The first kappa shape index (κ1) is 15.4. The summed E-state index contributed by atoms with van der Waals surface area (Å²) < 4.78 is 46.1. The molecule has 1 aliphatic heterocycles. The lowest BCUT2D eigenvalue weighted by Crippen LogP contribution is -2.44. The number of ether oxygens (including phenoxy) is 2. The maximum absolute atomic E-state index is 12.3. The number of rotatable bonds is 3. The van der Waals surface area contributed by atoms with Crippen LogP contribution in [0.1, 0.15) is 5.56 Å². The van der Waals surface area contributed by atoms with E-state index in [1.54, 1.807) is 6.07 Å². The van der Waals surface area contributed by atoms with Crippen LogP contribution in [-0.2, 0) is 11.3 Å². The van der Waals surface area contributed by atoms with E-state index >= 15 is 0 Å². The number of morpholine rings is 1. The molecule has 0 unspecified atom stereocenters. The summed E-state index contributed by atoms with van der Waals surface area (Å²) in [6.07, 6.45) is -4.73. The molecular formula is C13H16F3N3O2. The largest absolute Gasteiger partial charge is 0.573 e. The van der Waals surface area contributed by atoms with Crippen molar-refractivity contribution in [3.8, 4) is 5.75 Å². The number of para-hydroxylation sites is 1. The van der Waals surface area contributed by atoms with Crippen molar-refractivity contribution in [3.05, 3.63) is 29.8 Å². The number of nitrogens with zero attached hydrogens (tertiary/aromatic N) is 2. The van der Waals surface area contributed by atoms with Crippen molar-refractivity contribution in [1.82, 2.24) is 4.90 Å². The van der Waals surface area contributed by atoms with Crippen LogP contribution >= 0.6 is 0 Å². The van der Waals surface area contributed by atoms with Crippen molar-refractivity contribution in [1.29, 1.82) is 0 Å². The zero-order chi connectivity index (χ0) is 15.3. The van der Waals surface area contributed by atoms with Crippen LogP contribution in [0.5, 0.6) is 5.75 Å². The van der Waals surface area contributed by atoms with Crippen molar-refractivity contribution in [2.75, 3.05) is 26.3 Å². The van der Waals surface area contributed by atoms with Crippen LogP contribution < -0.4 is 10.5 Å². The zero-order valence-corrected chi connectivity index (χ0v) is 11.3. The number of halogens is 3. The Kier molecular flexibility index (Phi) is 4.89. The van der Waals surface area contributed by atoms with Crippen molar-refractivity contribution in [2.45, 2.75) is 12.9 Å². The van der Waals surface area contributed by atoms with Crippen molar-refractivity contribution >= 4 is 5.96 Å². The van der Waals surface area contributed by atoms with Gasteiger partial charge in [-0.25, -0.2) is 4.99 Å². The van der Waals surface area contributed by atoms with Gasteiger partial charge in [-0.05, 0) is 6.07 Å². The van der Waals surface area contributed by atoms with E-state index in [1.165, 1.54) is 18.2 Å². The van der Waals surface area contributed by atoms with Crippen molar-refractivity contribution < 1.29 is 22.6 Å². The molecule has 0 spiro atoms. The Morgan fingerprint density at radius 2 is 1.95 bits per heavy atom. The molecule has 0 radical (unpaired) electrons. The maximum atomic E-state index is 12.3. The van der Waals surface area contributed by atoms with Gasteiger partial charge in [-0.3, -0.25) is 0 Å². The molecule has 1 fully saturated rings.